The number of ether oxygens (including phenoxy) is 2. The maximum absolute atomic E-state index is 13.2. The molecule has 6 nitrogen and oxygen atoms in total. The van der Waals surface area contributed by atoms with Crippen LogP contribution < -0.4 is 9.47 Å². The number of hydrogen-bond acceptors (Lipinski definition) is 5. The number of carboxylic acids is 1. The van der Waals surface area contributed by atoms with E-state index < -0.39 is 11.4 Å². The molecule has 1 heterocycles. The van der Waals surface area contributed by atoms with E-state index in [9.17, 15) is 14.7 Å². The Labute approximate surface area is 199 Å². The molecular formula is C28H29NO5. The van der Waals surface area contributed by atoms with E-state index in [4.69, 9.17) is 9.47 Å². The van der Waals surface area contributed by atoms with Crippen molar-refractivity contribution in [2.45, 2.75) is 39.0 Å². The van der Waals surface area contributed by atoms with Crippen molar-refractivity contribution in [1.29, 1.82) is 0 Å². The maximum Gasteiger partial charge on any atom is 0.310 e. The number of benzene rings is 2. The van der Waals surface area contributed by atoms with Crippen LogP contribution in [0.4, 0.5) is 0 Å². The van der Waals surface area contributed by atoms with Gasteiger partial charge in [-0.3, -0.25) is 14.6 Å². The van der Waals surface area contributed by atoms with Gasteiger partial charge in [0, 0.05) is 30.3 Å². The second-order valence-corrected chi connectivity index (χ2v) is 8.78. The summed E-state index contributed by atoms with van der Waals surface area (Å²) in [6.07, 6.45) is 4.06. The summed E-state index contributed by atoms with van der Waals surface area (Å²) >= 11 is 0. The van der Waals surface area contributed by atoms with Crippen LogP contribution in [0.5, 0.6) is 11.5 Å². The van der Waals surface area contributed by atoms with Gasteiger partial charge in [0.1, 0.15) is 0 Å². The Kier molecular flexibility index (Phi) is 6.96. The lowest BCUT2D eigenvalue weighted by molar-refractivity contribution is -0.148. The van der Waals surface area contributed by atoms with E-state index in [1.54, 1.807) is 25.3 Å². The topological polar surface area (TPSA) is 85.7 Å². The molecule has 0 atom stereocenters. The van der Waals surface area contributed by atoms with Crippen LogP contribution in [0.2, 0.25) is 0 Å². The second-order valence-electron chi connectivity index (χ2n) is 8.78. The molecule has 3 aromatic rings. The number of carbonyl (C=O) groups is 2. The fourth-order valence-corrected chi connectivity index (χ4v) is 4.50. The molecule has 0 bridgehead atoms. The van der Waals surface area contributed by atoms with Crippen LogP contribution in [0.1, 0.15) is 46.1 Å². The molecule has 176 valence electrons. The van der Waals surface area contributed by atoms with Crippen LogP contribution in [0, 0.1) is 5.41 Å². The van der Waals surface area contributed by atoms with Gasteiger partial charge in [0.25, 0.3) is 0 Å². The van der Waals surface area contributed by atoms with E-state index in [0.717, 1.165) is 23.2 Å². The highest BCUT2D eigenvalue weighted by Crippen LogP contribution is 2.41. The molecular weight excluding hydrogens is 430 g/mol. The SMILES string of the molecule is CCc1ccc(CCOc2cc(C(=O)CC3(C(=O)O)Cc4ccccc4C3)ccc2OC)nc1. The Hall–Kier alpha value is -3.67. The molecule has 0 unspecified atom stereocenters. The number of aliphatic carboxylic acids is 1. The van der Waals surface area contributed by atoms with Gasteiger partial charge < -0.3 is 14.6 Å². The first-order valence-corrected chi connectivity index (χ1v) is 11.5. The summed E-state index contributed by atoms with van der Waals surface area (Å²) in [7, 11) is 1.55. The van der Waals surface area contributed by atoms with Crippen LogP contribution in [-0.4, -0.2) is 35.6 Å². The largest absolute Gasteiger partial charge is 0.493 e. The van der Waals surface area contributed by atoms with Gasteiger partial charge in [0.2, 0.25) is 0 Å². The van der Waals surface area contributed by atoms with Gasteiger partial charge in [-0.15, -0.1) is 0 Å². The quantitative estimate of drug-likeness (QED) is 0.442. The first kappa shape index (κ1) is 23.5. The molecule has 1 aliphatic carbocycles. The van der Waals surface area contributed by atoms with Gasteiger partial charge in [-0.25, -0.2) is 0 Å². The van der Waals surface area contributed by atoms with Gasteiger partial charge in [0.15, 0.2) is 17.3 Å². The Morgan fingerprint density at radius 2 is 1.76 bits per heavy atom. The van der Waals surface area contributed by atoms with Gasteiger partial charge in [-0.1, -0.05) is 37.3 Å². The number of hydrogen-bond donors (Lipinski definition) is 1. The zero-order chi connectivity index (χ0) is 24.1. The zero-order valence-corrected chi connectivity index (χ0v) is 19.5. The normalized spacial score (nSPS) is 13.8. The molecule has 0 spiro atoms. The van der Waals surface area contributed by atoms with Crippen LogP contribution in [0.15, 0.2) is 60.8 Å². The molecule has 2 aromatic carbocycles. The number of ketones is 1. The third-order valence-electron chi connectivity index (χ3n) is 6.52. The Bertz CT molecular complexity index is 1160. The highest BCUT2D eigenvalue weighted by Gasteiger charge is 2.45. The Balaban J connectivity index is 1.46. The number of carboxylic acid groups (broad SMARTS) is 1. The van der Waals surface area contributed by atoms with Crippen molar-refractivity contribution in [2.75, 3.05) is 13.7 Å². The van der Waals surface area contributed by atoms with Gasteiger partial charge >= 0.3 is 5.97 Å². The highest BCUT2D eigenvalue weighted by molar-refractivity contribution is 5.99. The first-order chi connectivity index (χ1) is 16.4. The van der Waals surface area contributed by atoms with Crippen molar-refractivity contribution >= 4 is 11.8 Å². The zero-order valence-electron chi connectivity index (χ0n) is 19.5. The molecule has 1 aliphatic rings. The second kappa shape index (κ2) is 10.1. The van der Waals surface area contributed by atoms with E-state index in [1.807, 2.05) is 36.5 Å². The minimum atomic E-state index is -1.13. The summed E-state index contributed by atoms with van der Waals surface area (Å²) in [5, 5.41) is 10.0. The summed E-state index contributed by atoms with van der Waals surface area (Å²) < 4.78 is 11.3. The number of aromatic nitrogens is 1. The minimum absolute atomic E-state index is 0.0729. The van der Waals surface area contributed by atoms with Crippen molar-refractivity contribution in [1.82, 2.24) is 4.98 Å². The molecule has 0 amide bonds. The van der Waals surface area contributed by atoms with Crippen LogP contribution in [-0.2, 0) is 30.5 Å². The van der Waals surface area contributed by atoms with Gasteiger partial charge in [-0.2, -0.15) is 0 Å². The van der Waals surface area contributed by atoms with E-state index in [2.05, 4.69) is 18.0 Å². The fourth-order valence-electron chi connectivity index (χ4n) is 4.50. The minimum Gasteiger partial charge on any atom is -0.493 e. The summed E-state index contributed by atoms with van der Waals surface area (Å²) in [4.78, 5) is 29.9. The molecule has 0 fully saturated rings. The first-order valence-electron chi connectivity index (χ1n) is 11.5. The molecule has 1 aromatic heterocycles. The van der Waals surface area contributed by atoms with E-state index >= 15 is 0 Å². The standard InChI is InChI=1S/C28H29NO5/c1-3-19-8-10-23(29-18-19)12-13-34-26-14-20(9-11-25(26)33-2)24(30)17-28(27(31)32)15-21-6-4-5-7-22(21)16-28/h4-11,14,18H,3,12-13,15-17H2,1-2H3,(H,31,32). The monoisotopic (exact) mass is 459 g/mol. The smallest absolute Gasteiger partial charge is 0.310 e. The Morgan fingerprint density at radius 3 is 2.35 bits per heavy atom. The van der Waals surface area contributed by atoms with Gasteiger partial charge in [-0.05, 0) is 60.2 Å². The van der Waals surface area contributed by atoms with E-state index in [1.165, 1.54) is 5.56 Å². The number of rotatable bonds is 10. The molecule has 0 saturated heterocycles. The molecule has 0 aliphatic heterocycles. The number of methoxy groups -OCH3 is 1. The Morgan fingerprint density at radius 1 is 1.03 bits per heavy atom. The molecule has 0 saturated carbocycles. The number of fused-ring (bicyclic) bond motifs is 1. The predicted molar refractivity (Wildman–Crippen MR) is 129 cm³/mol. The number of pyridine rings is 1. The van der Waals surface area contributed by atoms with Crippen molar-refractivity contribution < 1.29 is 24.2 Å². The lowest BCUT2D eigenvalue weighted by Crippen LogP contribution is -2.34. The van der Waals surface area contributed by atoms with Crippen molar-refractivity contribution in [3.63, 3.8) is 0 Å². The molecule has 6 heteroatoms. The summed E-state index contributed by atoms with van der Waals surface area (Å²) in [6, 6.07) is 16.7. The third kappa shape index (κ3) is 4.96. The maximum atomic E-state index is 13.2. The fraction of sp³-hybridized carbons (Fsp3) is 0.321. The summed E-state index contributed by atoms with van der Waals surface area (Å²) in [5.41, 5.74) is 3.39. The highest BCUT2D eigenvalue weighted by atomic mass is 16.5. The number of Topliss-reactive ketones (excluding diaryl/α,β-unsaturated/α-hetero) is 1. The van der Waals surface area contributed by atoms with Crippen molar-refractivity contribution in [2.24, 2.45) is 5.41 Å². The average Bonchev–Trinajstić information content (AvgIpc) is 3.24. The molecule has 4 rings (SSSR count). The summed E-state index contributed by atoms with van der Waals surface area (Å²) in [5.74, 6) is -0.187. The lowest BCUT2D eigenvalue weighted by Gasteiger charge is -2.23. The number of carbonyl (C=O) groups excluding carboxylic acids is 1. The third-order valence-corrected chi connectivity index (χ3v) is 6.52. The molecule has 1 N–H and O–H groups in total. The predicted octanol–water partition coefficient (Wildman–Crippen LogP) is 4.72. The van der Waals surface area contributed by atoms with Crippen molar-refractivity contribution in [3.05, 3.63) is 88.7 Å². The summed E-state index contributed by atoms with van der Waals surface area (Å²) in [6.45, 7) is 2.46. The lowest BCUT2D eigenvalue weighted by atomic mass is 9.79. The average molecular weight is 460 g/mol. The number of nitrogens with zero attached hydrogens (tertiary/aromatic N) is 1. The number of aryl methyl sites for hydroxylation is 1. The van der Waals surface area contributed by atoms with Crippen LogP contribution in [0.25, 0.3) is 0 Å². The van der Waals surface area contributed by atoms with E-state index in [-0.39, 0.29) is 12.2 Å². The molecule has 34 heavy (non-hydrogen) atoms. The van der Waals surface area contributed by atoms with Crippen LogP contribution >= 0.6 is 0 Å². The molecule has 0 radical (unpaired) electrons. The van der Waals surface area contributed by atoms with Crippen LogP contribution in [0.3, 0.4) is 0 Å². The van der Waals surface area contributed by atoms with E-state index in [0.29, 0.717) is 42.9 Å². The van der Waals surface area contributed by atoms with Crippen molar-refractivity contribution in [3.8, 4) is 11.5 Å². The van der Waals surface area contributed by atoms with Gasteiger partial charge in [0.05, 0.1) is 19.1 Å².